The molecule has 110 heavy (non-hydrogen) atoms. The summed E-state index contributed by atoms with van der Waals surface area (Å²) in [6.45, 7) is 4.26. The Kier molecular flexibility index (Phi) is 40.3. The van der Waals surface area contributed by atoms with Crippen LogP contribution in [0.3, 0.4) is 0 Å². The zero-order chi connectivity index (χ0) is 80.8. The molecule has 23 heteroatoms. The lowest BCUT2D eigenvalue weighted by molar-refractivity contribution is -0.146. The van der Waals surface area contributed by atoms with Gasteiger partial charge in [0.15, 0.2) is 6.04 Å². The van der Waals surface area contributed by atoms with Gasteiger partial charge in [-0.2, -0.15) is 0 Å². The molecule has 0 fully saturated rings. The number of rotatable bonds is 20. The number of aliphatic hydroxyl groups is 7. The van der Waals surface area contributed by atoms with Crippen LogP contribution in [0.5, 0.6) is 0 Å². The van der Waals surface area contributed by atoms with Crippen LogP contribution in [0.4, 0.5) is 0 Å². The monoisotopic (exact) mass is 1490 g/mol. The second-order valence-electron chi connectivity index (χ2n) is 23.3. The highest BCUT2D eigenvalue weighted by molar-refractivity contribution is 5.98. The van der Waals surface area contributed by atoms with Gasteiger partial charge in [0.2, 0.25) is 0 Å². The van der Waals surface area contributed by atoms with Gasteiger partial charge in [0.05, 0.1) is 77.2 Å². The van der Waals surface area contributed by atoms with Crippen LogP contribution in [0.15, 0.2) is 218 Å². The van der Waals surface area contributed by atoms with E-state index in [-0.39, 0.29) is 43.5 Å². The molecule has 0 unspecified atom stereocenters. The third kappa shape index (κ3) is 33.1. The first-order valence-electron chi connectivity index (χ1n) is 33.6. The summed E-state index contributed by atoms with van der Waals surface area (Å²) in [5, 5.41) is 86.1. The van der Waals surface area contributed by atoms with E-state index >= 15 is 0 Å². The number of aromatic carboxylic acids is 1. The SMILES string of the molecule is COC(=O)[C@@H](N)[C@@H](C)O.COC(=O)[C@@H](NC(=O)c1ccc(C#C/C=C/c2ccc(CO)cc2)cc1)[C@@H](C)O.COC(=O)c1ccc(C#C/C=C/c2ccc(CO)cc2)cc1.C[C@@H](O)[C@H](NC(=O)c1ccc(C#C/C=C/c2ccc(CO)cc2)cc1)C(=O)NO.O=C(O)c1ccc(C#C/C=C/c2ccc(CO)cc2)cc1. The largest absolute Gasteiger partial charge is 0.478 e. The van der Waals surface area contributed by atoms with Gasteiger partial charge in [-0.05, 0) is 211 Å². The zero-order valence-electron chi connectivity index (χ0n) is 61.1. The Morgan fingerprint density at radius 3 is 0.882 bits per heavy atom. The second-order valence-corrected chi connectivity index (χ2v) is 23.3. The molecule has 0 saturated heterocycles. The number of amides is 3. The lowest BCUT2D eigenvalue weighted by Gasteiger charge is -2.19. The summed E-state index contributed by atoms with van der Waals surface area (Å²) in [5.74, 6) is 18.9. The summed E-state index contributed by atoms with van der Waals surface area (Å²) >= 11 is 0. The fraction of sp³-hybridized carbons (Fsp3) is 0.184. The number of aliphatic hydroxyl groups excluding tert-OH is 7. The van der Waals surface area contributed by atoms with E-state index in [2.05, 4.69) is 72.2 Å². The number of nitrogens with two attached hydrogens (primary N) is 1. The van der Waals surface area contributed by atoms with Crippen LogP contribution < -0.4 is 21.8 Å². The maximum absolute atomic E-state index is 12.3. The lowest BCUT2D eigenvalue weighted by Crippen LogP contribution is -2.51. The Morgan fingerprint density at radius 2 is 0.655 bits per heavy atom. The molecular formula is C87H86N4O19. The van der Waals surface area contributed by atoms with E-state index < -0.39 is 72.1 Å². The summed E-state index contributed by atoms with van der Waals surface area (Å²) in [5.41, 5.74) is 18.4. The number of hydroxylamine groups is 1. The Bertz CT molecular complexity index is 4500. The highest BCUT2D eigenvalue weighted by Crippen LogP contribution is 2.13. The van der Waals surface area contributed by atoms with E-state index in [9.17, 15) is 43.8 Å². The van der Waals surface area contributed by atoms with Crippen LogP contribution in [-0.2, 0) is 55.0 Å². The summed E-state index contributed by atoms with van der Waals surface area (Å²) in [4.78, 5) is 80.0. The number of carboxylic acids is 1. The van der Waals surface area contributed by atoms with Gasteiger partial charge in [0.1, 0.15) is 12.1 Å². The molecule has 6 atom stereocenters. The second kappa shape index (κ2) is 49.6. The highest BCUT2D eigenvalue weighted by atomic mass is 16.5. The summed E-state index contributed by atoms with van der Waals surface area (Å²) < 4.78 is 13.5. The molecule has 0 saturated carbocycles. The number of hydrogen-bond acceptors (Lipinski definition) is 19. The first kappa shape index (κ1) is 89.3. The van der Waals surface area contributed by atoms with Crippen LogP contribution in [0.2, 0.25) is 0 Å². The predicted octanol–water partition coefficient (Wildman–Crippen LogP) is 7.96. The molecule has 0 aliphatic carbocycles. The number of methoxy groups -OCH3 is 3. The minimum atomic E-state index is -1.27. The van der Waals surface area contributed by atoms with Crippen molar-refractivity contribution in [2.75, 3.05) is 21.3 Å². The number of carboxylic acid groups (broad SMARTS) is 1. The summed E-state index contributed by atoms with van der Waals surface area (Å²) in [6, 6.07) is 53.1. The Hall–Kier alpha value is -13.1. The molecule has 0 bridgehead atoms. The van der Waals surface area contributed by atoms with Crippen LogP contribution in [0, 0.1) is 47.4 Å². The first-order valence-corrected chi connectivity index (χ1v) is 33.6. The predicted molar refractivity (Wildman–Crippen MR) is 417 cm³/mol. The topological polar surface area (TPSA) is 391 Å². The molecule has 14 N–H and O–H groups in total. The van der Waals surface area contributed by atoms with Gasteiger partial charge in [-0.25, -0.2) is 19.9 Å². The number of hydrogen-bond donors (Lipinski definition) is 13. The molecule has 23 nitrogen and oxygen atoms in total. The minimum absolute atomic E-state index is 0.00608. The molecule has 3 amide bonds. The number of allylic oxidation sites excluding steroid dienone is 4. The van der Waals surface area contributed by atoms with Crippen molar-refractivity contribution in [3.05, 3.63) is 307 Å². The van der Waals surface area contributed by atoms with Gasteiger partial charge >= 0.3 is 23.9 Å². The maximum Gasteiger partial charge on any atom is 0.337 e. The van der Waals surface area contributed by atoms with Crippen LogP contribution >= 0.6 is 0 Å². The quantitative estimate of drug-likeness (QED) is 0.0113. The van der Waals surface area contributed by atoms with Gasteiger partial charge in [0.25, 0.3) is 17.7 Å². The van der Waals surface area contributed by atoms with E-state index in [4.69, 9.17) is 41.6 Å². The number of esters is 3. The van der Waals surface area contributed by atoms with Crippen LogP contribution in [0.25, 0.3) is 24.3 Å². The standard InChI is InChI=1S/C23H23NO5.C22H22N2O5.C19H16O3.C18H14O3.C5H11NO3/c1-16(26)21(23(28)29-2)24-22(27)20-13-11-18(12-14-20)6-4-3-5-17-7-9-19(15-25)10-8-17;1-15(26)20(22(28)24-29)23-21(27)19-12-10-17(11-13-19)5-3-2-4-16-6-8-18(14-25)9-7-16;1-22-19(21)18-12-10-16(11-13-18)5-3-2-4-15-6-8-17(14-20)9-7-15;19-13-16-7-5-14(6-8-16)3-1-2-4-15-9-11-17(12-10-15)18(20)21;1-3(7)4(6)5(8)9-2/h3,5,7-14,16,21,25-26H,15H2,1-2H3,(H,24,27);2,4,6-13,15,20,25-26,29H,14H2,1H3,(H,23,27)(H,24,28);2,4,6-13,20H,14H2,1H3;1,3,5-12,19H,13H2,(H,20,21);3-4,7H,6H2,1-2H3/b5-3+;2*4-2+;3-1+;/t16-,21+;15-,20+;;;3-,4+/m11..1/s1. The fourth-order valence-corrected chi connectivity index (χ4v) is 8.66. The third-order valence-electron chi connectivity index (χ3n) is 15.1. The molecular weight excluding hydrogens is 1400 g/mol. The normalized spacial score (nSPS) is 11.9. The number of ether oxygens (including phenoxy) is 3. The smallest absolute Gasteiger partial charge is 0.337 e. The molecule has 0 spiro atoms. The highest BCUT2D eigenvalue weighted by Gasteiger charge is 2.28. The molecule has 8 aromatic rings. The van der Waals surface area contributed by atoms with E-state index in [1.54, 1.807) is 109 Å². The van der Waals surface area contributed by atoms with E-state index in [0.717, 1.165) is 61.2 Å². The average Bonchev–Trinajstić information content (AvgIpc) is 0.873. The molecule has 0 aliphatic heterocycles. The molecule has 0 aliphatic rings. The van der Waals surface area contributed by atoms with Crippen molar-refractivity contribution in [3.8, 4) is 47.4 Å². The molecule has 0 aromatic heterocycles. The van der Waals surface area contributed by atoms with Gasteiger partial charge in [0, 0.05) is 33.4 Å². The lowest BCUT2D eigenvalue weighted by atomic mass is 10.1. The van der Waals surface area contributed by atoms with Crippen molar-refractivity contribution < 1.29 is 93.8 Å². The van der Waals surface area contributed by atoms with Crippen molar-refractivity contribution in [2.24, 2.45) is 5.73 Å². The van der Waals surface area contributed by atoms with Gasteiger partial charge in [-0.1, -0.05) is 144 Å². The number of carbonyl (C=O) groups excluding carboxylic acids is 6. The van der Waals surface area contributed by atoms with Crippen LogP contribution in [0.1, 0.15) is 129 Å². The first-order chi connectivity index (χ1) is 52.9. The zero-order valence-corrected chi connectivity index (χ0v) is 61.1. The van der Waals surface area contributed by atoms with Crippen molar-refractivity contribution in [1.29, 1.82) is 0 Å². The molecule has 8 rings (SSSR count). The molecule has 568 valence electrons. The van der Waals surface area contributed by atoms with Gasteiger partial charge in [-0.3, -0.25) is 24.4 Å². The third-order valence-corrected chi connectivity index (χ3v) is 15.1. The van der Waals surface area contributed by atoms with Crippen LogP contribution in [-0.4, -0.2) is 145 Å². The maximum atomic E-state index is 12.3. The fourth-order valence-electron chi connectivity index (χ4n) is 8.66. The summed E-state index contributed by atoms with van der Waals surface area (Å²) in [6.07, 6.45) is 11.3. The van der Waals surface area contributed by atoms with Gasteiger partial charge < -0.3 is 71.4 Å². The molecule has 0 heterocycles. The number of benzene rings is 8. The van der Waals surface area contributed by atoms with Crippen molar-refractivity contribution in [1.82, 2.24) is 16.1 Å². The Labute approximate surface area is 638 Å². The number of nitrogens with one attached hydrogen (secondary N) is 3. The Morgan fingerprint density at radius 1 is 0.382 bits per heavy atom. The van der Waals surface area contributed by atoms with Crippen molar-refractivity contribution in [3.63, 3.8) is 0 Å². The molecule has 0 radical (unpaired) electrons. The minimum Gasteiger partial charge on any atom is -0.478 e. The van der Waals surface area contributed by atoms with E-state index in [1.807, 2.05) is 121 Å². The van der Waals surface area contributed by atoms with E-state index in [0.29, 0.717) is 16.7 Å². The Balaban J connectivity index is 0.000000300. The van der Waals surface area contributed by atoms with Crippen molar-refractivity contribution in [2.45, 2.75) is 83.6 Å². The molecule has 8 aromatic carbocycles. The average molecular weight is 1490 g/mol. The summed E-state index contributed by atoms with van der Waals surface area (Å²) in [7, 11) is 3.77. The number of carbonyl (C=O) groups is 7. The van der Waals surface area contributed by atoms with Crippen molar-refractivity contribution >= 4 is 65.9 Å². The van der Waals surface area contributed by atoms with E-state index in [1.165, 1.54) is 59.7 Å². The van der Waals surface area contributed by atoms with Gasteiger partial charge in [-0.15, -0.1) is 0 Å².